The molecule has 1 aromatic carbocycles. The lowest BCUT2D eigenvalue weighted by Crippen LogP contribution is -1.87. The van der Waals surface area contributed by atoms with Gasteiger partial charge in [-0.05, 0) is 23.8 Å². The third kappa shape index (κ3) is 2.28. The zero-order chi connectivity index (χ0) is 14.3. The summed E-state index contributed by atoms with van der Waals surface area (Å²) in [5, 5.41) is 3.93. The lowest BCUT2D eigenvalue weighted by Gasteiger charge is -2.01. The zero-order valence-electron chi connectivity index (χ0n) is 9.86. The molecule has 0 aliphatic heterocycles. The van der Waals surface area contributed by atoms with Crippen LogP contribution in [0.2, 0.25) is 8.67 Å². The summed E-state index contributed by atoms with van der Waals surface area (Å²) in [5.74, 6) is -0.188. The molecule has 3 aromatic rings. The Labute approximate surface area is 127 Å². The lowest BCUT2D eigenvalue weighted by molar-refractivity contribution is 0.439. The van der Waals surface area contributed by atoms with Crippen molar-refractivity contribution in [2.75, 3.05) is 5.73 Å². The molecule has 7 heteroatoms. The maximum atomic E-state index is 13.0. The molecule has 0 saturated carbocycles. The Morgan fingerprint density at radius 3 is 2.50 bits per heavy atom. The minimum absolute atomic E-state index is 0.144. The predicted molar refractivity (Wildman–Crippen MR) is 79.6 cm³/mol. The fraction of sp³-hybridized carbons (Fsp3) is 0. The molecule has 0 aliphatic carbocycles. The molecule has 0 amide bonds. The number of nitrogens with two attached hydrogens (primary N) is 1. The highest BCUT2D eigenvalue weighted by Gasteiger charge is 2.21. The summed E-state index contributed by atoms with van der Waals surface area (Å²) in [6.45, 7) is 0. The minimum Gasteiger partial charge on any atom is -0.367 e. The number of hydrogen-bond acceptors (Lipinski definition) is 4. The van der Waals surface area contributed by atoms with Gasteiger partial charge in [-0.2, -0.15) is 0 Å². The molecule has 0 saturated heterocycles. The number of aromatic nitrogens is 1. The molecule has 20 heavy (non-hydrogen) atoms. The average molecular weight is 329 g/mol. The first-order valence-electron chi connectivity index (χ1n) is 5.52. The molecular formula is C13H7Cl2FN2OS. The van der Waals surface area contributed by atoms with Crippen LogP contribution in [0.4, 0.5) is 10.3 Å². The summed E-state index contributed by atoms with van der Waals surface area (Å²) in [7, 11) is 0. The number of thiophene rings is 1. The smallest absolute Gasteiger partial charge is 0.230 e. The molecule has 0 atom stereocenters. The molecule has 0 radical (unpaired) electrons. The second-order valence-corrected chi connectivity index (χ2v) is 6.30. The van der Waals surface area contributed by atoms with Gasteiger partial charge in [-0.3, -0.25) is 0 Å². The van der Waals surface area contributed by atoms with Gasteiger partial charge in [0.1, 0.15) is 15.8 Å². The van der Waals surface area contributed by atoms with Crippen LogP contribution in [0.15, 0.2) is 34.9 Å². The molecule has 0 aliphatic rings. The van der Waals surface area contributed by atoms with Gasteiger partial charge in [0.2, 0.25) is 5.88 Å². The van der Waals surface area contributed by atoms with Gasteiger partial charge in [0.25, 0.3) is 0 Å². The van der Waals surface area contributed by atoms with E-state index in [1.165, 1.54) is 23.5 Å². The van der Waals surface area contributed by atoms with Crippen molar-refractivity contribution in [1.82, 2.24) is 5.16 Å². The Kier molecular flexibility index (Phi) is 3.41. The summed E-state index contributed by atoms with van der Waals surface area (Å²) in [5.41, 5.74) is 8.20. The van der Waals surface area contributed by atoms with Gasteiger partial charge in [-0.1, -0.05) is 40.5 Å². The maximum absolute atomic E-state index is 13.0. The first-order chi connectivity index (χ1) is 9.56. The summed E-state index contributed by atoms with van der Waals surface area (Å²) < 4.78 is 19.1. The third-order valence-corrected chi connectivity index (χ3v) is 4.25. The van der Waals surface area contributed by atoms with Gasteiger partial charge in [0.05, 0.1) is 9.90 Å². The monoisotopic (exact) mass is 328 g/mol. The molecule has 0 fully saturated rings. The highest BCUT2D eigenvalue weighted by atomic mass is 35.5. The highest BCUT2D eigenvalue weighted by Crippen LogP contribution is 2.43. The van der Waals surface area contributed by atoms with E-state index in [2.05, 4.69) is 5.16 Å². The molecule has 102 valence electrons. The molecule has 2 heterocycles. The Morgan fingerprint density at radius 1 is 1.20 bits per heavy atom. The van der Waals surface area contributed by atoms with E-state index >= 15 is 0 Å². The fourth-order valence-electron chi connectivity index (χ4n) is 1.88. The number of nitrogens with zero attached hydrogens (tertiary/aromatic N) is 1. The topological polar surface area (TPSA) is 52.0 Å². The standard InChI is InChI=1S/C13H7Cl2FN2OS/c14-9-5-8(12(15)20-9)11-10(13(17)19-18-11)6-1-3-7(16)4-2-6/h1-5H,17H2. The zero-order valence-corrected chi connectivity index (χ0v) is 12.2. The van der Waals surface area contributed by atoms with Crippen LogP contribution in [0.1, 0.15) is 0 Å². The van der Waals surface area contributed by atoms with E-state index in [0.717, 1.165) is 0 Å². The van der Waals surface area contributed by atoms with Crippen molar-refractivity contribution in [1.29, 1.82) is 0 Å². The van der Waals surface area contributed by atoms with Gasteiger partial charge in [0, 0.05) is 5.56 Å². The normalized spacial score (nSPS) is 10.9. The van der Waals surface area contributed by atoms with Crippen molar-refractivity contribution in [3.63, 3.8) is 0 Å². The van der Waals surface area contributed by atoms with E-state index in [4.69, 9.17) is 33.5 Å². The molecule has 2 aromatic heterocycles. The van der Waals surface area contributed by atoms with Crippen LogP contribution in [-0.2, 0) is 0 Å². The number of anilines is 1. The van der Waals surface area contributed by atoms with E-state index in [-0.39, 0.29) is 11.7 Å². The van der Waals surface area contributed by atoms with Gasteiger partial charge in [0.15, 0.2) is 0 Å². The quantitative estimate of drug-likeness (QED) is 0.712. The van der Waals surface area contributed by atoms with Crippen molar-refractivity contribution < 1.29 is 8.91 Å². The number of nitrogen functional groups attached to an aromatic ring is 1. The third-order valence-electron chi connectivity index (χ3n) is 2.76. The molecule has 3 nitrogen and oxygen atoms in total. The van der Waals surface area contributed by atoms with E-state index in [0.29, 0.717) is 31.1 Å². The Bertz CT molecular complexity index is 767. The van der Waals surface area contributed by atoms with Crippen molar-refractivity contribution >= 4 is 40.4 Å². The van der Waals surface area contributed by atoms with Crippen LogP contribution in [0.25, 0.3) is 22.4 Å². The van der Waals surface area contributed by atoms with Gasteiger partial charge in [-0.25, -0.2) is 4.39 Å². The predicted octanol–water partition coefficient (Wildman–Crippen LogP) is 5.10. The van der Waals surface area contributed by atoms with Crippen LogP contribution in [0, 0.1) is 5.82 Å². The minimum atomic E-state index is -0.332. The SMILES string of the molecule is Nc1onc(-c2cc(Cl)sc2Cl)c1-c1ccc(F)cc1. The van der Waals surface area contributed by atoms with Gasteiger partial charge >= 0.3 is 0 Å². The molecule has 0 unspecified atom stereocenters. The number of benzene rings is 1. The molecule has 0 bridgehead atoms. The highest BCUT2D eigenvalue weighted by molar-refractivity contribution is 7.20. The first-order valence-corrected chi connectivity index (χ1v) is 7.10. The van der Waals surface area contributed by atoms with Crippen LogP contribution < -0.4 is 5.73 Å². The lowest BCUT2D eigenvalue weighted by atomic mass is 10.0. The average Bonchev–Trinajstić information content (AvgIpc) is 2.93. The largest absolute Gasteiger partial charge is 0.367 e. The number of rotatable bonds is 2. The Morgan fingerprint density at radius 2 is 1.90 bits per heavy atom. The maximum Gasteiger partial charge on any atom is 0.230 e. The van der Waals surface area contributed by atoms with Crippen LogP contribution in [0.5, 0.6) is 0 Å². The fourth-order valence-corrected chi connectivity index (χ4v) is 3.35. The molecular weight excluding hydrogens is 322 g/mol. The van der Waals surface area contributed by atoms with E-state index < -0.39 is 0 Å². The van der Waals surface area contributed by atoms with Crippen LogP contribution in [0.3, 0.4) is 0 Å². The second-order valence-electron chi connectivity index (χ2n) is 4.02. The number of hydrogen-bond donors (Lipinski definition) is 1. The van der Waals surface area contributed by atoms with Crippen molar-refractivity contribution in [2.45, 2.75) is 0 Å². The second kappa shape index (κ2) is 5.09. The molecule has 2 N–H and O–H groups in total. The van der Waals surface area contributed by atoms with E-state index in [9.17, 15) is 4.39 Å². The van der Waals surface area contributed by atoms with E-state index in [1.54, 1.807) is 18.2 Å². The molecule has 0 spiro atoms. The summed E-state index contributed by atoms with van der Waals surface area (Å²) >= 11 is 13.3. The van der Waals surface area contributed by atoms with Crippen molar-refractivity contribution in [3.8, 4) is 22.4 Å². The van der Waals surface area contributed by atoms with Crippen LogP contribution >= 0.6 is 34.5 Å². The number of halogens is 3. The van der Waals surface area contributed by atoms with Gasteiger partial charge in [-0.15, -0.1) is 11.3 Å². The summed E-state index contributed by atoms with van der Waals surface area (Å²) in [4.78, 5) is 0. The summed E-state index contributed by atoms with van der Waals surface area (Å²) in [6, 6.07) is 7.58. The van der Waals surface area contributed by atoms with Gasteiger partial charge < -0.3 is 10.3 Å². The van der Waals surface area contributed by atoms with Crippen molar-refractivity contribution in [2.24, 2.45) is 0 Å². The van der Waals surface area contributed by atoms with Crippen LogP contribution in [-0.4, -0.2) is 5.16 Å². The summed E-state index contributed by atoms with van der Waals surface area (Å²) in [6.07, 6.45) is 0. The molecule has 3 rings (SSSR count). The van der Waals surface area contributed by atoms with Crippen molar-refractivity contribution in [3.05, 3.63) is 44.8 Å². The first kappa shape index (κ1) is 13.4. The Balaban J connectivity index is 2.19. The van der Waals surface area contributed by atoms with E-state index in [1.807, 2.05) is 0 Å². The Hall–Kier alpha value is -1.56.